The average molecular weight is 603 g/mol. The molecule has 42 heavy (non-hydrogen) atoms. The van der Waals surface area contributed by atoms with Crippen molar-refractivity contribution >= 4 is 22.7 Å². The van der Waals surface area contributed by atoms with Crippen LogP contribution in [0, 0.1) is 23.7 Å². The van der Waals surface area contributed by atoms with Crippen LogP contribution in [-0.4, -0.2) is 0 Å². The van der Waals surface area contributed by atoms with Gasteiger partial charge in [-0.05, 0) is 97.2 Å². The van der Waals surface area contributed by atoms with Gasteiger partial charge < -0.3 is 0 Å². The standard InChI is InChI=1S/C37H37F3S2/c1-3-5-7-9-15-32-23-25-35(41-32)30-19-17-28(18-20-30)13-11-12-14-29-21-22-31(27-34(29)37(38,39)40)36-26-24-33(42-36)16-10-8-6-4-2/h17-27H,3-10,15-16H2,1-2H3. The fraction of sp³-hybridized carbons (Fsp3) is 0.351. The molecule has 0 N–H and O–H groups in total. The SMILES string of the molecule is CCCCCCc1ccc(-c2ccc(C#CC#Cc3ccc(-c4ccc(CCCCCC)s4)cc3C(F)(F)F)cc2)s1. The van der Waals surface area contributed by atoms with Gasteiger partial charge in [0.15, 0.2) is 0 Å². The number of hydrogen-bond acceptors (Lipinski definition) is 2. The molecule has 0 bridgehead atoms. The summed E-state index contributed by atoms with van der Waals surface area (Å²) in [5, 5.41) is 0. The van der Waals surface area contributed by atoms with Crippen molar-refractivity contribution in [2.45, 2.75) is 84.2 Å². The zero-order valence-corrected chi connectivity index (χ0v) is 26.0. The molecule has 0 saturated heterocycles. The van der Waals surface area contributed by atoms with Gasteiger partial charge >= 0.3 is 6.18 Å². The summed E-state index contributed by atoms with van der Waals surface area (Å²) in [5.74, 6) is 11.0. The van der Waals surface area contributed by atoms with E-state index < -0.39 is 11.7 Å². The lowest BCUT2D eigenvalue weighted by Gasteiger charge is -2.10. The van der Waals surface area contributed by atoms with Crippen LogP contribution in [0.15, 0.2) is 66.7 Å². The summed E-state index contributed by atoms with van der Waals surface area (Å²) in [6, 6.07) is 20.7. The topological polar surface area (TPSA) is 0 Å². The smallest absolute Gasteiger partial charge is 0.166 e. The van der Waals surface area contributed by atoms with Crippen LogP contribution in [-0.2, 0) is 19.0 Å². The van der Waals surface area contributed by atoms with E-state index in [4.69, 9.17) is 0 Å². The second-order valence-electron chi connectivity index (χ2n) is 10.5. The molecule has 0 nitrogen and oxygen atoms in total. The van der Waals surface area contributed by atoms with Crippen molar-refractivity contribution < 1.29 is 13.2 Å². The van der Waals surface area contributed by atoms with Crippen molar-refractivity contribution in [1.29, 1.82) is 0 Å². The largest absolute Gasteiger partial charge is 0.417 e. The summed E-state index contributed by atoms with van der Waals surface area (Å²) in [5.41, 5.74) is 1.70. The highest BCUT2D eigenvalue weighted by Crippen LogP contribution is 2.37. The van der Waals surface area contributed by atoms with Gasteiger partial charge in [-0.2, -0.15) is 13.2 Å². The number of thiophene rings is 2. The third-order valence-electron chi connectivity index (χ3n) is 7.12. The Morgan fingerprint density at radius 1 is 0.595 bits per heavy atom. The Bertz CT molecular complexity index is 1550. The third-order valence-corrected chi connectivity index (χ3v) is 9.51. The molecule has 0 unspecified atom stereocenters. The highest BCUT2D eigenvalue weighted by atomic mass is 32.1. The van der Waals surface area contributed by atoms with Crippen molar-refractivity contribution in [3.63, 3.8) is 0 Å². The number of rotatable bonds is 12. The normalized spacial score (nSPS) is 11.1. The quantitative estimate of drug-likeness (QED) is 0.112. The van der Waals surface area contributed by atoms with E-state index >= 15 is 0 Å². The van der Waals surface area contributed by atoms with Crippen molar-refractivity contribution in [2.75, 3.05) is 0 Å². The number of unbranched alkanes of at least 4 members (excludes halogenated alkanes) is 6. The third kappa shape index (κ3) is 9.38. The first-order chi connectivity index (χ1) is 20.4. The van der Waals surface area contributed by atoms with E-state index in [1.54, 1.807) is 17.4 Å². The molecule has 4 rings (SSSR count). The predicted molar refractivity (Wildman–Crippen MR) is 174 cm³/mol. The lowest BCUT2D eigenvalue weighted by molar-refractivity contribution is -0.137. The fourth-order valence-corrected chi connectivity index (χ4v) is 6.85. The summed E-state index contributed by atoms with van der Waals surface area (Å²) in [6.07, 6.45) is 7.31. The Labute approximate surface area is 257 Å². The molecule has 218 valence electrons. The molecular formula is C37H37F3S2. The van der Waals surface area contributed by atoms with Crippen LogP contribution in [0.1, 0.15) is 91.7 Å². The first-order valence-electron chi connectivity index (χ1n) is 14.9. The van der Waals surface area contributed by atoms with Gasteiger partial charge in [0.2, 0.25) is 0 Å². The first kappa shape index (κ1) is 31.7. The first-order valence-corrected chi connectivity index (χ1v) is 16.5. The number of alkyl halides is 3. The maximum Gasteiger partial charge on any atom is 0.417 e. The van der Waals surface area contributed by atoms with Gasteiger partial charge in [-0.1, -0.05) is 82.4 Å². The Kier molecular flexibility index (Phi) is 11.9. The molecular weight excluding hydrogens is 566 g/mol. The molecule has 0 atom stereocenters. The Morgan fingerprint density at radius 3 is 1.71 bits per heavy atom. The number of halogens is 3. The van der Waals surface area contributed by atoms with Crippen LogP contribution in [0.2, 0.25) is 0 Å². The number of hydrogen-bond donors (Lipinski definition) is 0. The van der Waals surface area contributed by atoms with Crippen molar-refractivity contribution in [2.24, 2.45) is 0 Å². The van der Waals surface area contributed by atoms with Gasteiger partial charge in [0.05, 0.1) is 5.56 Å². The van der Waals surface area contributed by atoms with Crippen LogP contribution in [0.25, 0.3) is 20.9 Å². The van der Waals surface area contributed by atoms with E-state index in [2.05, 4.69) is 49.7 Å². The molecule has 0 aliphatic rings. The van der Waals surface area contributed by atoms with E-state index in [1.807, 2.05) is 47.7 Å². The van der Waals surface area contributed by atoms with E-state index in [0.717, 1.165) is 35.3 Å². The zero-order chi connectivity index (χ0) is 29.8. The highest BCUT2D eigenvalue weighted by Gasteiger charge is 2.33. The molecule has 0 saturated carbocycles. The summed E-state index contributed by atoms with van der Waals surface area (Å²) in [4.78, 5) is 4.69. The van der Waals surface area contributed by atoms with Crippen molar-refractivity contribution in [1.82, 2.24) is 0 Å². The van der Waals surface area contributed by atoms with E-state index in [0.29, 0.717) is 5.56 Å². The predicted octanol–water partition coefficient (Wildman–Crippen LogP) is 11.8. The fourth-order valence-electron chi connectivity index (χ4n) is 4.75. The second kappa shape index (κ2) is 15.8. The van der Waals surface area contributed by atoms with Crippen molar-refractivity contribution in [3.05, 3.63) is 93.2 Å². The molecule has 0 spiro atoms. The molecule has 4 aromatic rings. The summed E-state index contributed by atoms with van der Waals surface area (Å²) >= 11 is 3.40. The molecule has 0 aliphatic heterocycles. The monoisotopic (exact) mass is 602 g/mol. The minimum Gasteiger partial charge on any atom is -0.166 e. The average Bonchev–Trinajstić information content (AvgIpc) is 3.66. The zero-order valence-electron chi connectivity index (χ0n) is 24.4. The van der Waals surface area contributed by atoms with Gasteiger partial charge in [-0.25, -0.2) is 0 Å². The lowest BCUT2D eigenvalue weighted by atomic mass is 10.0. The number of aryl methyl sites for hydroxylation is 2. The Hall–Kier alpha value is -3.25. The molecule has 0 fully saturated rings. The molecule has 0 radical (unpaired) electrons. The molecule has 2 heterocycles. The van der Waals surface area contributed by atoms with E-state index in [9.17, 15) is 13.2 Å². The Balaban J connectivity index is 1.42. The van der Waals surface area contributed by atoms with Crippen LogP contribution in [0.4, 0.5) is 13.2 Å². The summed E-state index contributed by atoms with van der Waals surface area (Å²) in [6.45, 7) is 4.40. The Morgan fingerprint density at radius 2 is 1.14 bits per heavy atom. The highest BCUT2D eigenvalue weighted by molar-refractivity contribution is 7.15. The van der Waals surface area contributed by atoms with Crippen LogP contribution in [0.3, 0.4) is 0 Å². The van der Waals surface area contributed by atoms with Crippen molar-refractivity contribution in [3.8, 4) is 44.6 Å². The van der Waals surface area contributed by atoms with E-state index in [1.165, 1.54) is 71.7 Å². The molecule has 5 heteroatoms. The van der Waals surface area contributed by atoms with Crippen LogP contribution < -0.4 is 0 Å². The lowest BCUT2D eigenvalue weighted by Crippen LogP contribution is -2.07. The minimum absolute atomic E-state index is 0.0598. The summed E-state index contributed by atoms with van der Waals surface area (Å²) < 4.78 is 41.8. The van der Waals surface area contributed by atoms with Gasteiger partial charge in [0.25, 0.3) is 0 Å². The maximum atomic E-state index is 13.9. The number of benzene rings is 2. The molecule has 2 aromatic carbocycles. The molecule has 0 aliphatic carbocycles. The van der Waals surface area contributed by atoms with Crippen LogP contribution >= 0.6 is 22.7 Å². The van der Waals surface area contributed by atoms with Gasteiger partial charge in [-0.3, -0.25) is 0 Å². The molecule has 2 aromatic heterocycles. The van der Waals surface area contributed by atoms with Gasteiger partial charge in [0.1, 0.15) is 0 Å². The summed E-state index contributed by atoms with van der Waals surface area (Å²) in [7, 11) is 0. The minimum atomic E-state index is -4.50. The van der Waals surface area contributed by atoms with Crippen LogP contribution in [0.5, 0.6) is 0 Å². The van der Waals surface area contributed by atoms with Gasteiger partial charge in [-0.15, -0.1) is 22.7 Å². The molecule has 0 amide bonds. The second-order valence-corrected chi connectivity index (χ2v) is 12.8. The van der Waals surface area contributed by atoms with E-state index in [-0.39, 0.29) is 5.56 Å². The van der Waals surface area contributed by atoms with Gasteiger partial charge in [0, 0.05) is 30.6 Å². The maximum absolute atomic E-state index is 13.9.